The molecule has 0 aliphatic rings. The Morgan fingerprint density at radius 2 is 1.94 bits per heavy atom. The number of aliphatic hydroxyl groups is 1. The third kappa shape index (κ3) is 3.66. The number of aliphatic hydroxyl groups excluding tert-OH is 1. The molecule has 0 bridgehead atoms. The highest BCUT2D eigenvalue weighted by Gasteiger charge is 2.08. The largest absolute Gasteiger partial charge is 0.382 e. The van der Waals surface area contributed by atoms with Gasteiger partial charge < -0.3 is 10.4 Å². The minimum atomic E-state index is -0.378. The molecule has 0 spiro atoms. The van der Waals surface area contributed by atoms with E-state index in [1.807, 2.05) is 41.7 Å². The van der Waals surface area contributed by atoms with Crippen molar-refractivity contribution in [2.45, 2.75) is 19.6 Å². The maximum absolute atomic E-state index is 9.98. The van der Waals surface area contributed by atoms with Crippen molar-refractivity contribution in [1.82, 2.24) is 0 Å². The number of thiophene rings is 1. The second-order valence-electron chi connectivity index (χ2n) is 4.17. The summed E-state index contributed by atoms with van der Waals surface area (Å²) in [4.78, 5) is 2.71. The number of benzene rings is 1. The van der Waals surface area contributed by atoms with Crippen molar-refractivity contribution in [1.29, 1.82) is 0 Å². The second-order valence-corrected chi connectivity index (χ2v) is 5.54. The lowest BCUT2D eigenvalue weighted by atomic mass is 10.1. The van der Waals surface area contributed by atoms with E-state index in [0.717, 1.165) is 12.1 Å². The molecular weight excluding hydrogens is 230 g/mol. The number of hydrogen-bond donors (Lipinski definition) is 2. The Bertz CT molecular complexity index is 452. The van der Waals surface area contributed by atoms with Crippen LogP contribution in [-0.4, -0.2) is 11.7 Å². The van der Waals surface area contributed by atoms with Gasteiger partial charge in [-0.1, -0.05) is 30.3 Å². The number of hydrogen-bond acceptors (Lipinski definition) is 2. The van der Waals surface area contributed by atoms with E-state index in [9.17, 15) is 5.11 Å². The molecule has 3 N–H and O–H groups in total. The van der Waals surface area contributed by atoms with Crippen molar-refractivity contribution < 1.29 is 10.4 Å². The van der Waals surface area contributed by atoms with Crippen molar-refractivity contribution >= 4 is 11.3 Å². The molecule has 0 saturated carbocycles. The fourth-order valence-electron chi connectivity index (χ4n) is 1.79. The Hall–Kier alpha value is -1.16. The summed E-state index contributed by atoms with van der Waals surface area (Å²) in [6.07, 6.45) is -0.378. The summed E-state index contributed by atoms with van der Waals surface area (Å²) in [6, 6.07) is 14.1. The average Bonchev–Trinajstić information content (AvgIpc) is 2.76. The first kappa shape index (κ1) is 12.3. The first-order valence-corrected chi connectivity index (χ1v) is 6.67. The molecule has 2 rings (SSSR count). The molecule has 1 heterocycles. The van der Waals surface area contributed by atoms with Gasteiger partial charge in [0.15, 0.2) is 0 Å². The first-order valence-electron chi connectivity index (χ1n) is 5.85. The molecular formula is C14H18NOS+. The van der Waals surface area contributed by atoms with Crippen molar-refractivity contribution in [2.24, 2.45) is 0 Å². The molecule has 2 nitrogen and oxygen atoms in total. The van der Waals surface area contributed by atoms with Gasteiger partial charge in [-0.2, -0.15) is 0 Å². The van der Waals surface area contributed by atoms with Gasteiger partial charge in [0.1, 0.15) is 19.2 Å². The minimum Gasteiger partial charge on any atom is -0.382 e. The molecule has 1 aromatic carbocycles. The van der Waals surface area contributed by atoms with Crippen LogP contribution in [0.3, 0.4) is 0 Å². The number of quaternary nitrogens is 1. The van der Waals surface area contributed by atoms with Crippen molar-refractivity contribution in [3.63, 3.8) is 0 Å². The average molecular weight is 248 g/mol. The van der Waals surface area contributed by atoms with E-state index >= 15 is 0 Å². The molecule has 0 amide bonds. The zero-order valence-corrected chi connectivity index (χ0v) is 10.8. The Balaban J connectivity index is 1.79. The standard InChI is InChI=1S/C14H17NOS/c1-11-7-8-13(17-11)9-15-10-14(16)12-5-3-2-4-6-12/h2-8,14-16H,9-10H2,1H3/p+1/t14-/m0/s1. The predicted molar refractivity (Wildman–Crippen MR) is 71.0 cm³/mol. The van der Waals surface area contributed by atoms with Crippen LogP contribution in [0.25, 0.3) is 0 Å². The molecule has 90 valence electrons. The van der Waals surface area contributed by atoms with Crippen LogP contribution in [0, 0.1) is 6.92 Å². The summed E-state index contributed by atoms with van der Waals surface area (Å²) in [7, 11) is 0. The van der Waals surface area contributed by atoms with Gasteiger partial charge in [-0.3, -0.25) is 0 Å². The number of aryl methyl sites for hydroxylation is 1. The summed E-state index contributed by atoms with van der Waals surface area (Å²) in [6.45, 7) is 3.77. The van der Waals surface area contributed by atoms with Crippen LogP contribution in [0.5, 0.6) is 0 Å². The maximum atomic E-state index is 9.98. The second kappa shape index (κ2) is 5.96. The van der Waals surface area contributed by atoms with Crippen LogP contribution < -0.4 is 5.32 Å². The Morgan fingerprint density at radius 3 is 2.59 bits per heavy atom. The molecule has 0 saturated heterocycles. The van der Waals surface area contributed by atoms with E-state index in [2.05, 4.69) is 24.4 Å². The minimum absolute atomic E-state index is 0.378. The van der Waals surface area contributed by atoms with Crippen LogP contribution >= 0.6 is 11.3 Å². The highest BCUT2D eigenvalue weighted by atomic mass is 32.1. The van der Waals surface area contributed by atoms with Gasteiger partial charge in [-0.25, -0.2) is 0 Å². The third-order valence-electron chi connectivity index (χ3n) is 2.72. The molecule has 0 aliphatic carbocycles. The lowest BCUT2D eigenvalue weighted by Gasteiger charge is -2.08. The van der Waals surface area contributed by atoms with Gasteiger partial charge in [0.05, 0.1) is 4.88 Å². The number of nitrogens with two attached hydrogens (primary N) is 1. The van der Waals surface area contributed by atoms with E-state index in [1.54, 1.807) is 0 Å². The molecule has 0 fully saturated rings. The van der Waals surface area contributed by atoms with Crippen LogP contribution in [-0.2, 0) is 6.54 Å². The summed E-state index contributed by atoms with van der Waals surface area (Å²) in [5, 5.41) is 12.1. The van der Waals surface area contributed by atoms with Gasteiger partial charge in [-0.15, -0.1) is 11.3 Å². The zero-order chi connectivity index (χ0) is 12.1. The monoisotopic (exact) mass is 248 g/mol. The fraction of sp³-hybridized carbons (Fsp3) is 0.286. The van der Waals surface area contributed by atoms with E-state index in [4.69, 9.17) is 0 Å². The molecule has 1 atom stereocenters. The number of rotatable bonds is 5. The van der Waals surface area contributed by atoms with E-state index in [1.165, 1.54) is 9.75 Å². The van der Waals surface area contributed by atoms with Crippen LogP contribution in [0.1, 0.15) is 21.4 Å². The molecule has 0 aliphatic heterocycles. The highest BCUT2D eigenvalue weighted by molar-refractivity contribution is 7.11. The summed E-state index contributed by atoms with van der Waals surface area (Å²) in [5.41, 5.74) is 0.992. The summed E-state index contributed by atoms with van der Waals surface area (Å²) in [5.74, 6) is 0. The fourth-order valence-corrected chi connectivity index (χ4v) is 2.68. The molecule has 0 unspecified atom stereocenters. The van der Waals surface area contributed by atoms with Crippen molar-refractivity contribution in [3.05, 3.63) is 57.8 Å². The summed E-state index contributed by atoms with van der Waals surface area (Å²) >= 11 is 1.82. The SMILES string of the molecule is Cc1ccc(C[NH2+]C[C@H](O)c2ccccc2)s1. The van der Waals surface area contributed by atoms with Crippen LogP contribution in [0.4, 0.5) is 0 Å². The van der Waals surface area contributed by atoms with Crippen molar-refractivity contribution in [3.8, 4) is 0 Å². The predicted octanol–water partition coefficient (Wildman–Crippen LogP) is 1.85. The Morgan fingerprint density at radius 1 is 1.18 bits per heavy atom. The summed E-state index contributed by atoms with van der Waals surface area (Å²) < 4.78 is 0. The molecule has 2 aromatic rings. The van der Waals surface area contributed by atoms with Gasteiger partial charge in [0.25, 0.3) is 0 Å². The normalized spacial score (nSPS) is 12.6. The quantitative estimate of drug-likeness (QED) is 0.832. The Labute approximate surface area is 106 Å². The van der Waals surface area contributed by atoms with Crippen LogP contribution in [0.15, 0.2) is 42.5 Å². The van der Waals surface area contributed by atoms with Crippen molar-refractivity contribution in [2.75, 3.05) is 6.54 Å². The third-order valence-corrected chi connectivity index (χ3v) is 3.74. The van der Waals surface area contributed by atoms with E-state index in [0.29, 0.717) is 6.54 Å². The van der Waals surface area contributed by atoms with Gasteiger partial charge >= 0.3 is 0 Å². The Kier molecular flexibility index (Phi) is 4.31. The highest BCUT2D eigenvalue weighted by Crippen LogP contribution is 2.13. The van der Waals surface area contributed by atoms with E-state index < -0.39 is 0 Å². The van der Waals surface area contributed by atoms with Gasteiger partial charge in [0.2, 0.25) is 0 Å². The first-order chi connectivity index (χ1) is 8.25. The molecule has 17 heavy (non-hydrogen) atoms. The van der Waals surface area contributed by atoms with Gasteiger partial charge in [-0.05, 0) is 24.6 Å². The smallest absolute Gasteiger partial charge is 0.128 e. The van der Waals surface area contributed by atoms with Gasteiger partial charge in [0, 0.05) is 4.88 Å². The van der Waals surface area contributed by atoms with E-state index in [-0.39, 0.29) is 6.10 Å². The molecule has 0 radical (unpaired) electrons. The lowest BCUT2D eigenvalue weighted by molar-refractivity contribution is -0.677. The maximum Gasteiger partial charge on any atom is 0.128 e. The van der Waals surface area contributed by atoms with Crippen LogP contribution in [0.2, 0.25) is 0 Å². The molecule has 1 aromatic heterocycles. The lowest BCUT2D eigenvalue weighted by Crippen LogP contribution is -2.83. The topological polar surface area (TPSA) is 36.8 Å². The zero-order valence-electron chi connectivity index (χ0n) is 9.97. The molecule has 3 heteroatoms.